The summed E-state index contributed by atoms with van der Waals surface area (Å²) in [6.45, 7) is 2.15. The lowest BCUT2D eigenvalue weighted by Gasteiger charge is -2.22. The maximum absolute atomic E-state index is 5.85. The Balaban J connectivity index is 2.40. The minimum Gasteiger partial charge on any atom is -0.495 e. The lowest BCUT2D eigenvalue weighted by Crippen LogP contribution is -2.18. The molecular weight excluding hydrogens is 204 g/mol. The molecule has 0 unspecified atom stereocenters. The lowest BCUT2D eigenvalue weighted by molar-refractivity contribution is 0.405. The molecule has 1 aliphatic heterocycles. The van der Waals surface area contributed by atoms with E-state index in [-0.39, 0.29) is 0 Å². The van der Waals surface area contributed by atoms with Crippen molar-refractivity contribution in [2.24, 2.45) is 0 Å². The predicted molar refractivity (Wildman–Crippen MR) is 65.4 cm³/mol. The summed E-state index contributed by atoms with van der Waals surface area (Å²) in [7, 11) is 3.30. The molecule has 0 saturated carbocycles. The molecule has 0 aliphatic carbocycles. The van der Waals surface area contributed by atoms with E-state index < -0.39 is 0 Å². The van der Waals surface area contributed by atoms with Crippen LogP contribution in [0.4, 0.5) is 11.4 Å². The fraction of sp³-hybridized carbons (Fsp3) is 0.500. The summed E-state index contributed by atoms with van der Waals surface area (Å²) < 4.78 is 10.6. The van der Waals surface area contributed by atoms with Gasteiger partial charge < -0.3 is 20.1 Å². The van der Waals surface area contributed by atoms with Crippen LogP contribution in [0.15, 0.2) is 12.1 Å². The first kappa shape index (κ1) is 10.9. The number of nitrogen functional groups attached to an aromatic ring is 1. The van der Waals surface area contributed by atoms with Gasteiger partial charge >= 0.3 is 0 Å². The molecule has 0 atom stereocenters. The topological polar surface area (TPSA) is 47.7 Å². The molecule has 0 bridgehead atoms. The Morgan fingerprint density at radius 2 is 1.69 bits per heavy atom. The number of methoxy groups -OCH3 is 2. The molecule has 4 nitrogen and oxygen atoms in total. The van der Waals surface area contributed by atoms with Crippen LogP contribution in [0.2, 0.25) is 0 Å². The van der Waals surface area contributed by atoms with Crippen molar-refractivity contribution in [2.75, 3.05) is 37.9 Å². The second-order valence-corrected chi connectivity index (χ2v) is 3.96. The van der Waals surface area contributed by atoms with Crippen LogP contribution >= 0.6 is 0 Å². The van der Waals surface area contributed by atoms with Crippen molar-refractivity contribution in [3.63, 3.8) is 0 Å². The third kappa shape index (κ3) is 1.87. The fourth-order valence-electron chi connectivity index (χ4n) is 2.11. The predicted octanol–water partition coefficient (Wildman–Crippen LogP) is 1.89. The van der Waals surface area contributed by atoms with Gasteiger partial charge in [0.1, 0.15) is 11.5 Å². The molecule has 1 saturated heterocycles. The third-order valence-corrected chi connectivity index (χ3v) is 2.98. The number of nitrogens with two attached hydrogens (primary N) is 1. The van der Waals surface area contributed by atoms with E-state index in [0.29, 0.717) is 11.4 Å². The van der Waals surface area contributed by atoms with Gasteiger partial charge in [0.15, 0.2) is 0 Å². The van der Waals surface area contributed by atoms with E-state index in [2.05, 4.69) is 4.90 Å². The van der Waals surface area contributed by atoms with Crippen LogP contribution in [0.5, 0.6) is 11.5 Å². The fourth-order valence-corrected chi connectivity index (χ4v) is 2.11. The van der Waals surface area contributed by atoms with Gasteiger partial charge in [0.25, 0.3) is 0 Å². The molecule has 0 spiro atoms. The normalized spacial score (nSPS) is 15.2. The number of ether oxygens (including phenoxy) is 2. The van der Waals surface area contributed by atoms with Crippen LogP contribution in [-0.2, 0) is 0 Å². The van der Waals surface area contributed by atoms with Gasteiger partial charge in [-0.3, -0.25) is 0 Å². The van der Waals surface area contributed by atoms with Gasteiger partial charge in [-0.2, -0.15) is 0 Å². The Kier molecular flexibility index (Phi) is 3.08. The summed E-state index contributed by atoms with van der Waals surface area (Å²) >= 11 is 0. The molecule has 4 heteroatoms. The molecule has 2 rings (SSSR count). The smallest absolute Gasteiger partial charge is 0.144 e. The highest BCUT2D eigenvalue weighted by atomic mass is 16.5. The average Bonchev–Trinajstić information content (AvgIpc) is 2.82. The van der Waals surface area contributed by atoms with E-state index in [1.54, 1.807) is 14.2 Å². The van der Waals surface area contributed by atoms with Gasteiger partial charge in [-0.05, 0) is 12.8 Å². The maximum Gasteiger partial charge on any atom is 0.144 e. The van der Waals surface area contributed by atoms with Crippen LogP contribution in [0.1, 0.15) is 12.8 Å². The molecule has 1 heterocycles. The van der Waals surface area contributed by atoms with Crippen molar-refractivity contribution in [3.8, 4) is 11.5 Å². The minimum absolute atomic E-state index is 0.613. The van der Waals surface area contributed by atoms with Crippen molar-refractivity contribution in [1.82, 2.24) is 0 Å². The summed E-state index contributed by atoms with van der Waals surface area (Å²) in [5.41, 5.74) is 7.54. The van der Waals surface area contributed by atoms with Gasteiger partial charge in [0, 0.05) is 25.2 Å². The van der Waals surface area contributed by atoms with E-state index in [9.17, 15) is 0 Å². The zero-order valence-corrected chi connectivity index (χ0v) is 9.82. The van der Waals surface area contributed by atoms with Crippen LogP contribution < -0.4 is 20.1 Å². The van der Waals surface area contributed by atoms with E-state index >= 15 is 0 Å². The summed E-state index contributed by atoms with van der Waals surface area (Å²) in [6, 6.07) is 3.78. The summed E-state index contributed by atoms with van der Waals surface area (Å²) in [5.74, 6) is 1.53. The van der Waals surface area contributed by atoms with Gasteiger partial charge in [0.05, 0.1) is 25.6 Å². The summed E-state index contributed by atoms with van der Waals surface area (Å²) in [6.07, 6.45) is 2.46. The molecule has 1 aliphatic rings. The molecule has 16 heavy (non-hydrogen) atoms. The van der Waals surface area contributed by atoms with Crippen molar-refractivity contribution in [2.45, 2.75) is 12.8 Å². The Labute approximate surface area is 95.9 Å². The van der Waals surface area contributed by atoms with Gasteiger partial charge in [-0.15, -0.1) is 0 Å². The number of hydrogen-bond acceptors (Lipinski definition) is 4. The van der Waals surface area contributed by atoms with Crippen LogP contribution in [0.3, 0.4) is 0 Å². The molecule has 1 fully saturated rings. The molecule has 88 valence electrons. The van der Waals surface area contributed by atoms with Gasteiger partial charge in [-0.25, -0.2) is 0 Å². The van der Waals surface area contributed by atoms with E-state index in [1.165, 1.54) is 12.8 Å². The quantitative estimate of drug-likeness (QED) is 0.793. The zero-order chi connectivity index (χ0) is 11.5. The molecule has 1 aromatic carbocycles. The Hall–Kier alpha value is -1.58. The molecule has 0 amide bonds. The Morgan fingerprint density at radius 3 is 2.25 bits per heavy atom. The Morgan fingerprint density at radius 1 is 1.06 bits per heavy atom. The monoisotopic (exact) mass is 222 g/mol. The third-order valence-electron chi connectivity index (χ3n) is 2.98. The number of benzene rings is 1. The van der Waals surface area contributed by atoms with Gasteiger partial charge in [0.2, 0.25) is 0 Å². The zero-order valence-electron chi connectivity index (χ0n) is 9.82. The van der Waals surface area contributed by atoms with Crippen LogP contribution in [0.25, 0.3) is 0 Å². The molecular formula is C12H18N2O2. The molecule has 0 radical (unpaired) electrons. The second-order valence-electron chi connectivity index (χ2n) is 3.96. The van der Waals surface area contributed by atoms with Crippen LogP contribution in [0, 0.1) is 0 Å². The van der Waals surface area contributed by atoms with Crippen molar-refractivity contribution < 1.29 is 9.47 Å². The molecule has 0 aromatic heterocycles. The SMILES string of the molecule is COc1cc(N2CCCC2)c(OC)cc1N. The minimum atomic E-state index is 0.613. The first-order chi connectivity index (χ1) is 7.76. The van der Waals surface area contributed by atoms with Crippen molar-refractivity contribution in [3.05, 3.63) is 12.1 Å². The standard InChI is InChI=1S/C12H18N2O2/c1-15-11-8-10(14-5-3-4-6-14)12(16-2)7-9(11)13/h7-8H,3-6,13H2,1-2H3. The van der Waals surface area contributed by atoms with Crippen molar-refractivity contribution in [1.29, 1.82) is 0 Å². The van der Waals surface area contributed by atoms with Crippen molar-refractivity contribution >= 4 is 11.4 Å². The maximum atomic E-state index is 5.85. The van der Waals surface area contributed by atoms with E-state index in [4.69, 9.17) is 15.2 Å². The highest BCUT2D eigenvalue weighted by Crippen LogP contribution is 2.38. The average molecular weight is 222 g/mol. The lowest BCUT2D eigenvalue weighted by atomic mass is 10.2. The highest BCUT2D eigenvalue weighted by Gasteiger charge is 2.18. The first-order valence-corrected chi connectivity index (χ1v) is 5.52. The van der Waals surface area contributed by atoms with Crippen LogP contribution in [-0.4, -0.2) is 27.3 Å². The van der Waals surface area contributed by atoms with E-state index in [0.717, 1.165) is 24.5 Å². The molecule has 1 aromatic rings. The first-order valence-electron chi connectivity index (χ1n) is 5.52. The van der Waals surface area contributed by atoms with E-state index in [1.807, 2.05) is 12.1 Å². The Bertz CT molecular complexity index is 374. The number of rotatable bonds is 3. The second kappa shape index (κ2) is 4.51. The largest absolute Gasteiger partial charge is 0.495 e. The summed E-state index contributed by atoms with van der Waals surface area (Å²) in [4.78, 5) is 2.31. The summed E-state index contributed by atoms with van der Waals surface area (Å²) in [5, 5.41) is 0. The number of hydrogen-bond donors (Lipinski definition) is 1. The highest BCUT2D eigenvalue weighted by molar-refractivity contribution is 5.70. The van der Waals surface area contributed by atoms with Gasteiger partial charge in [-0.1, -0.05) is 0 Å². The number of anilines is 2. The number of nitrogens with zero attached hydrogens (tertiary/aromatic N) is 1. The molecule has 2 N–H and O–H groups in total.